The maximum absolute atomic E-state index is 6.37. The molecule has 0 radical (unpaired) electrons. The lowest BCUT2D eigenvalue weighted by Gasteiger charge is -2.20. The SMILES string of the molecule is Cc1cc(-c2nc(C3(N)CCCC3)no2)nn1C(C)(C)C. The highest BCUT2D eigenvalue weighted by molar-refractivity contribution is 5.47. The minimum atomic E-state index is -0.427. The molecular formula is C15H23N5O. The van der Waals surface area contributed by atoms with E-state index in [1.54, 1.807) is 0 Å². The third-order valence-electron chi connectivity index (χ3n) is 4.11. The molecular weight excluding hydrogens is 266 g/mol. The number of aryl methyl sites for hydroxylation is 1. The Morgan fingerprint density at radius 3 is 2.52 bits per heavy atom. The summed E-state index contributed by atoms with van der Waals surface area (Å²) in [6, 6.07) is 1.97. The Kier molecular flexibility index (Phi) is 3.16. The van der Waals surface area contributed by atoms with Crippen LogP contribution in [0.2, 0.25) is 0 Å². The third kappa shape index (κ3) is 2.48. The first-order valence-electron chi connectivity index (χ1n) is 7.50. The minimum absolute atomic E-state index is 0.0777. The van der Waals surface area contributed by atoms with E-state index in [1.807, 2.05) is 17.7 Å². The Morgan fingerprint density at radius 2 is 1.95 bits per heavy atom. The van der Waals surface area contributed by atoms with Crippen LogP contribution in [0.25, 0.3) is 11.6 Å². The van der Waals surface area contributed by atoms with Crippen LogP contribution in [0.3, 0.4) is 0 Å². The van der Waals surface area contributed by atoms with Gasteiger partial charge < -0.3 is 10.3 Å². The first-order chi connectivity index (χ1) is 9.79. The van der Waals surface area contributed by atoms with Crippen molar-refractivity contribution in [2.24, 2.45) is 5.73 Å². The maximum atomic E-state index is 6.37. The summed E-state index contributed by atoms with van der Waals surface area (Å²) < 4.78 is 7.36. The van der Waals surface area contributed by atoms with Crippen LogP contribution in [0, 0.1) is 6.92 Å². The molecule has 1 aliphatic carbocycles. The second-order valence-corrected chi connectivity index (χ2v) is 7.04. The molecule has 2 aromatic heterocycles. The number of nitrogens with zero attached hydrogens (tertiary/aromatic N) is 4. The highest BCUT2D eigenvalue weighted by Crippen LogP contribution is 2.35. The lowest BCUT2D eigenvalue weighted by molar-refractivity contribution is 0.346. The van der Waals surface area contributed by atoms with E-state index in [1.165, 1.54) is 0 Å². The Bertz CT molecular complexity index is 643. The topological polar surface area (TPSA) is 82.8 Å². The third-order valence-corrected chi connectivity index (χ3v) is 4.11. The molecule has 0 unspecified atom stereocenters. The van der Waals surface area contributed by atoms with E-state index >= 15 is 0 Å². The van der Waals surface area contributed by atoms with Crippen molar-refractivity contribution in [3.05, 3.63) is 17.6 Å². The fourth-order valence-corrected chi connectivity index (χ4v) is 3.02. The van der Waals surface area contributed by atoms with Crippen molar-refractivity contribution in [2.75, 3.05) is 0 Å². The van der Waals surface area contributed by atoms with Crippen molar-refractivity contribution in [2.45, 2.75) is 64.5 Å². The first-order valence-corrected chi connectivity index (χ1v) is 7.50. The van der Waals surface area contributed by atoms with Crippen molar-refractivity contribution in [1.29, 1.82) is 0 Å². The van der Waals surface area contributed by atoms with Gasteiger partial charge in [0.2, 0.25) is 0 Å². The highest BCUT2D eigenvalue weighted by atomic mass is 16.5. The van der Waals surface area contributed by atoms with E-state index in [4.69, 9.17) is 10.3 Å². The van der Waals surface area contributed by atoms with Crippen molar-refractivity contribution in [3.63, 3.8) is 0 Å². The summed E-state index contributed by atoms with van der Waals surface area (Å²) >= 11 is 0. The summed E-state index contributed by atoms with van der Waals surface area (Å²) in [5, 5.41) is 8.68. The molecule has 6 nitrogen and oxygen atoms in total. The molecule has 0 atom stereocenters. The summed E-state index contributed by atoms with van der Waals surface area (Å²) in [6.07, 6.45) is 4.08. The van der Waals surface area contributed by atoms with Crippen LogP contribution < -0.4 is 5.73 Å². The van der Waals surface area contributed by atoms with E-state index in [0.717, 1.165) is 31.4 Å². The van der Waals surface area contributed by atoms with Gasteiger partial charge in [-0.1, -0.05) is 18.0 Å². The van der Waals surface area contributed by atoms with E-state index in [0.29, 0.717) is 17.4 Å². The second-order valence-electron chi connectivity index (χ2n) is 7.04. The molecule has 0 bridgehead atoms. The van der Waals surface area contributed by atoms with Gasteiger partial charge in [0.05, 0.1) is 11.1 Å². The average Bonchev–Trinajstić information content (AvgIpc) is 3.05. The highest BCUT2D eigenvalue weighted by Gasteiger charge is 2.36. The van der Waals surface area contributed by atoms with Crippen molar-refractivity contribution >= 4 is 0 Å². The zero-order chi connectivity index (χ0) is 15.3. The monoisotopic (exact) mass is 289 g/mol. The molecule has 0 saturated heterocycles. The molecule has 0 amide bonds. The first kappa shape index (κ1) is 14.3. The number of nitrogens with two attached hydrogens (primary N) is 1. The molecule has 2 aromatic rings. The van der Waals surface area contributed by atoms with Crippen LogP contribution in [0.15, 0.2) is 10.6 Å². The Balaban J connectivity index is 1.94. The summed E-state index contributed by atoms with van der Waals surface area (Å²) in [6.45, 7) is 8.37. The molecule has 0 aliphatic heterocycles. The Hall–Kier alpha value is -1.69. The van der Waals surface area contributed by atoms with E-state index in [-0.39, 0.29) is 5.54 Å². The lowest BCUT2D eigenvalue weighted by Crippen LogP contribution is -2.34. The van der Waals surface area contributed by atoms with E-state index in [2.05, 4.69) is 36.0 Å². The predicted molar refractivity (Wildman–Crippen MR) is 79.6 cm³/mol. The standard InChI is InChI=1S/C15H23N5O/c1-10-9-11(18-20(10)14(2,3)4)12-17-13(19-21-12)15(16)7-5-6-8-15/h9H,5-8,16H2,1-4H3. The van der Waals surface area contributed by atoms with Crippen molar-refractivity contribution in [3.8, 4) is 11.6 Å². The normalized spacial score (nSPS) is 18.3. The fourth-order valence-electron chi connectivity index (χ4n) is 3.02. The van der Waals surface area contributed by atoms with Crippen LogP contribution in [-0.2, 0) is 11.1 Å². The van der Waals surface area contributed by atoms with Gasteiger partial charge in [0.1, 0.15) is 0 Å². The van der Waals surface area contributed by atoms with Crippen LogP contribution in [0.1, 0.15) is 58.0 Å². The van der Waals surface area contributed by atoms with Gasteiger partial charge in [0.25, 0.3) is 5.89 Å². The van der Waals surface area contributed by atoms with Gasteiger partial charge in [0, 0.05) is 5.69 Å². The quantitative estimate of drug-likeness (QED) is 0.919. The largest absolute Gasteiger partial charge is 0.332 e. The van der Waals surface area contributed by atoms with Gasteiger partial charge in [-0.05, 0) is 46.6 Å². The van der Waals surface area contributed by atoms with Gasteiger partial charge >= 0.3 is 0 Å². The molecule has 2 N–H and O–H groups in total. The van der Waals surface area contributed by atoms with Gasteiger partial charge in [-0.25, -0.2) is 0 Å². The van der Waals surface area contributed by atoms with Gasteiger partial charge in [-0.3, -0.25) is 4.68 Å². The van der Waals surface area contributed by atoms with Crippen LogP contribution in [-0.4, -0.2) is 19.9 Å². The molecule has 1 saturated carbocycles. The Labute approximate surface area is 124 Å². The van der Waals surface area contributed by atoms with Gasteiger partial charge in [-0.2, -0.15) is 10.1 Å². The summed E-state index contributed by atoms with van der Waals surface area (Å²) in [5.41, 5.74) is 7.64. The molecule has 114 valence electrons. The predicted octanol–water partition coefficient (Wildman–Crippen LogP) is 2.72. The molecule has 0 spiro atoms. The molecule has 1 aliphatic rings. The van der Waals surface area contributed by atoms with E-state index < -0.39 is 5.54 Å². The van der Waals surface area contributed by atoms with Crippen LogP contribution >= 0.6 is 0 Å². The fraction of sp³-hybridized carbons (Fsp3) is 0.667. The molecule has 2 heterocycles. The van der Waals surface area contributed by atoms with Gasteiger partial charge in [0.15, 0.2) is 11.5 Å². The molecule has 1 fully saturated rings. The van der Waals surface area contributed by atoms with Gasteiger partial charge in [-0.15, -0.1) is 0 Å². The number of hydrogen-bond acceptors (Lipinski definition) is 5. The van der Waals surface area contributed by atoms with Crippen LogP contribution in [0.5, 0.6) is 0 Å². The molecule has 3 rings (SSSR count). The zero-order valence-electron chi connectivity index (χ0n) is 13.2. The number of aromatic nitrogens is 4. The van der Waals surface area contributed by atoms with Crippen LogP contribution in [0.4, 0.5) is 0 Å². The summed E-state index contributed by atoms with van der Waals surface area (Å²) in [5.74, 6) is 1.06. The second kappa shape index (κ2) is 4.66. The minimum Gasteiger partial charge on any atom is -0.332 e. The number of rotatable bonds is 2. The van der Waals surface area contributed by atoms with Crippen molar-refractivity contribution in [1.82, 2.24) is 19.9 Å². The summed E-state index contributed by atoms with van der Waals surface area (Å²) in [4.78, 5) is 4.49. The smallest absolute Gasteiger partial charge is 0.278 e. The molecule has 0 aromatic carbocycles. The molecule has 21 heavy (non-hydrogen) atoms. The van der Waals surface area contributed by atoms with E-state index in [9.17, 15) is 0 Å². The zero-order valence-corrected chi connectivity index (χ0v) is 13.2. The molecule has 6 heteroatoms. The summed E-state index contributed by atoms with van der Waals surface area (Å²) in [7, 11) is 0. The number of hydrogen-bond donors (Lipinski definition) is 1. The lowest BCUT2D eigenvalue weighted by atomic mass is 9.99. The maximum Gasteiger partial charge on any atom is 0.278 e. The van der Waals surface area contributed by atoms with Crippen molar-refractivity contribution < 1.29 is 4.52 Å². The average molecular weight is 289 g/mol. The Morgan fingerprint density at radius 1 is 1.29 bits per heavy atom.